The Morgan fingerprint density at radius 3 is 2.80 bits per heavy atom. The highest BCUT2D eigenvalue weighted by Gasteiger charge is 2.05. The molecule has 20 heavy (non-hydrogen) atoms. The van der Waals surface area contributed by atoms with Gasteiger partial charge < -0.3 is 10.1 Å². The zero-order chi connectivity index (χ0) is 14.5. The van der Waals surface area contributed by atoms with Crippen LogP contribution in [0.25, 0.3) is 0 Å². The van der Waals surface area contributed by atoms with Crippen molar-refractivity contribution < 1.29 is 4.74 Å². The third-order valence-electron chi connectivity index (χ3n) is 2.62. The van der Waals surface area contributed by atoms with Crippen molar-refractivity contribution in [1.29, 1.82) is 0 Å². The minimum absolute atomic E-state index is 0.102. The van der Waals surface area contributed by atoms with Gasteiger partial charge in [-0.25, -0.2) is 4.98 Å². The standard InChI is InChI=1S/C14H21N5O/c1-10(2)20-13-9-11(3)16-14(17-13)15-7-5-12-6-8-19(4)18-12/h6,8-10H,5,7H2,1-4H3,(H,15,16,17). The fourth-order valence-corrected chi connectivity index (χ4v) is 1.82. The first-order valence-corrected chi connectivity index (χ1v) is 6.77. The van der Waals surface area contributed by atoms with Crippen molar-refractivity contribution >= 4 is 5.95 Å². The van der Waals surface area contributed by atoms with E-state index in [4.69, 9.17) is 4.74 Å². The van der Waals surface area contributed by atoms with Gasteiger partial charge in [-0.15, -0.1) is 0 Å². The van der Waals surface area contributed by atoms with Gasteiger partial charge in [0.15, 0.2) is 0 Å². The Morgan fingerprint density at radius 1 is 1.35 bits per heavy atom. The van der Waals surface area contributed by atoms with Gasteiger partial charge in [0.05, 0.1) is 11.8 Å². The Bertz CT molecular complexity index is 564. The molecule has 0 atom stereocenters. The SMILES string of the molecule is Cc1cc(OC(C)C)nc(NCCc2ccn(C)n2)n1. The van der Waals surface area contributed by atoms with E-state index in [1.807, 2.05) is 46.1 Å². The molecule has 0 saturated carbocycles. The lowest BCUT2D eigenvalue weighted by Gasteiger charge is -2.11. The Kier molecular flexibility index (Phi) is 4.55. The van der Waals surface area contributed by atoms with Gasteiger partial charge in [-0.05, 0) is 26.8 Å². The lowest BCUT2D eigenvalue weighted by atomic mass is 10.3. The summed E-state index contributed by atoms with van der Waals surface area (Å²) in [6.07, 6.45) is 2.87. The molecule has 2 aromatic rings. The summed E-state index contributed by atoms with van der Waals surface area (Å²) in [4.78, 5) is 8.69. The third-order valence-corrected chi connectivity index (χ3v) is 2.62. The molecule has 0 fully saturated rings. The van der Waals surface area contributed by atoms with E-state index in [1.54, 1.807) is 4.68 Å². The highest BCUT2D eigenvalue weighted by Crippen LogP contribution is 2.13. The summed E-state index contributed by atoms with van der Waals surface area (Å²) in [6, 6.07) is 3.84. The van der Waals surface area contributed by atoms with E-state index < -0.39 is 0 Å². The lowest BCUT2D eigenvalue weighted by molar-refractivity contribution is 0.232. The van der Waals surface area contributed by atoms with Crippen molar-refractivity contribution in [3.05, 3.63) is 29.7 Å². The summed E-state index contributed by atoms with van der Waals surface area (Å²) in [5.74, 6) is 1.20. The Hall–Kier alpha value is -2.11. The Morgan fingerprint density at radius 2 is 2.15 bits per heavy atom. The van der Waals surface area contributed by atoms with Crippen LogP contribution in [0.15, 0.2) is 18.3 Å². The molecule has 1 N–H and O–H groups in total. The first-order valence-electron chi connectivity index (χ1n) is 6.77. The second kappa shape index (κ2) is 6.36. The van der Waals surface area contributed by atoms with Crippen molar-refractivity contribution in [2.75, 3.05) is 11.9 Å². The molecular weight excluding hydrogens is 254 g/mol. The van der Waals surface area contributed by atoms with Crippen molar-refractivity contribution in [3.8, 4) is 5.88 Å². The van der Waals surface area contributed by atoms with Crippen LogP contribution in [0.1, 0.15) is 25.2 Å². The van der Waals surface area contributed by atoms with Gasteiger partial charge in [-0.3, -0.25) is 4.68 Å². The summed E-state index contributed by atoms with van der Waals surface area (Å²) in [6.45, 7) is 6.62. The number of anilines is 1. The zero-order valence-corrected chi connectivity index (χ0v) is 12.4. The van der Waals surface area contributed by atoms with Gasteiger partial charge in [0.2, 0.25) is 11.8 Å². The summed E-state index contributed by atoms with van der Waals surface area (Å²) in [5.41, 5.74) is 1.93. The predicted octanol–water partition coefficient (Wildman–Crippen LogP) is 1.96. The first-order chi connectivity index (χ1) is 9.52. The van der Waals surface area contributed by atoms with E-state index in [-0.39, 0.29) is 6.10 Å². The summed E-state index contributed by atoms with van der Waals surface area (Å²) >= 11 is 0. The van der Waals surface area contributed by atoms with Crippen LogP contribution >= 0.6 is 0 Å². The molecule has 0 aliphatic carbocycles. The highest BCUT2D eigenvalue weighted by atomic mass is 16.5. The molecule has 2 heterocycles. The zero-order valence-electron chi connectivity index (χ0n) is 12.4. The van der Waals surface area contributed by atoms with E-state index >= 15 is 0 Å². The quantitative estimate of drug-likeness (QED) is 0.873. The molecule has 0 bridgehead atoms. The smallest absolute Gasteiger partial charge is 0.226 e. The van der Waals surface area contributed by atoms with Crippen LogP contribution in [0, 0.1) is 6.92 Å². The molecule has 0 aromatic carbocycles. The number of rotatable bonds is 6. The molecule has 0 aliphatic heterocycles. The van der Waals surface area contributed by atoms with E-state index in [1.165, 1.54) is 0 Å². The van der Waals surface area contributed by atoms with Crippen LogP contribution in [0.2, 0.25) is 0 Å². The van der Waals surface area contributed by atoms with Crippen LogP contribution in [-0.2, 0) is 13.5 Å². The molecule has 0 saturated heterocycles. The monoisotopic (exact) mass is 275 g/mol. The largest absolute Gasteiger partial charge is 0.475 e. The molecule has 108 valence electrons. The average molecular weight is 275 g/mol. The second-order valence-electron chi connectivity index (χ2n) is 5.00. The molecule has 0 aliphatic rings. The molecule has 0 amide bonds. The maximum absolute atomic E-state index is 5.60. The van der Waals surface area contributed by atoms with Gasteiger partial charge >= 0.3 is 0 Å². The molecule has 2 aromatic heterocycles. The van der Waals surface area contributed by atoms with Crippen molar-refractivity contribution in [3.63, 3.8) is 0 Å². The molecule has 0 radical (unpaired) electrons. The van der Waals surface area contributed by atoms with E-state index in [0.29, 0.717) is 11.8 Å². The van der Waals surface area contributed by atoms with Gasteiger partial charge in [0, 0.05) is 38.0 Å². The average Bonchev–Trinajstić information content (AvgIpc) is 2.73. The molecule has 0 spiro atoms. The number of hydrogen-bond donors (Lipinski definition) is 1. The number of hydrogen-bond acceptors (Lipinski definition) is 5. The van der Waals surface area contributed by atoms with Crippen LogP contribution in [0.5, 0.6) is 5.88 Å². The Balaban J connectivity index is 1.93. The fraction of sp³-hybridized carbons (Fsp3) is 0.500. The minimum Gasteiger partial charge on any atom is -0.475 e. The van der Waals surface area contributed by atoms with Crippen LogP contribution in [0.4, 0.5) is 5.95 Å². The summed E-state index contributed by atoms with van der Waals surface area (Å²) < 4.78 is 7.40. The van der Waals surface area contributed by atoms with Gasteiger partial charge in [0.25, 0.3) is 0 Å². The van der Waals surface area contributed by atoms with Crippen molar-refractivity contribution in [2.24, 2.45) is 7.05 Å². The van der Waals surface area contributed by atoms with Crippen LogP contribution in [-0.4, -0.2) is 32.4 Å². The maximum Gasteiger partial charge on any atom is 0.226 e. The van der Waals surface area contributed by atoms with E-state index in [0.717, 1.165) is 24.4 Å². The van der Waals surface area contributed by atoms with Crippen LogP contribution < -0.4 is 10.1 Å². The summed E-state index contributed by atoms with van der Waals surface area (Å²) in [5, 5.41) is 7.53. The highest BCUT2D eigenvalue weighted by molar-refractivity contribution is 5.30. The number of nitrogens with one attached hydrogen (secondary N) is 1. The van der Waals surface area contributed by atoms with E-state index in [9.17, 15) is 0 Å². The predicted molar refractivity (Wildman–Crippen MR) is 77.9 cm³/mol. The topological polar surface area (TPSA) is 64.9 Å². The fourth-order valence-electron chi connectivity index (χ4n) is 1.82. The van der Waals surface area contributed by atoms with Gasteiger partial charge in [-0.1, -0.05) is 0 Å². The minimum atomic E-state index is 0.102. The Labute approximate surface area is 119 Å². The van der Waals surface area contributed by atoms with E-state index in [2.05, 4.69) is 20.4 Å². The van der Waals surface area contributed by atoms with Gasteiger partial charge in [-0.2, -0.15) is 10.1 Å². The van der Waals surface area contributed by atoms with Crippen LogP contribution in [0.3, 0.4) is 0 Å². The van der Waals surface area contributed by atoms with Crippen molar-refractivity contribution in [1.82, 2.24) is 19.7 Å². The third kappa shape index (κ3) is 4.22. The van der Waals surface area contributed by atoms with Crippen molar-refractivity contribution in [2.45, 2.75) is 33.3 Å². The normalized spacial score (nSPS) is 10.8. The molecule has 6 heteroatoms. The molecule has 6 nitrogen and oxygen atoms in total. The maximum atomic E-state index is 5.60. The molecule has 2 rings (SSSR count). The van der Waals surface area contributed by atoms with Gasteiger partial charge in [0.1, 0.15) is 0 Å². The lowest BCUT2D eigenvalue weighted by Crippen LogP contribution is -2.12. The molecule has 0 unspecified atom stereocenters. The number of aromatic nitrogens is 4. The number of aryl methyl sites for hydroxylation is 2. The number of nitrogens with zero attached hydrogens (tertiary/aromatic N) is 4. The second-order valence-corrected chi connectivity index (χ2v) is 5.00. The first kappa shape index (κ1) is 14.3. The summed E-state index contributed by atoms with van der Waals surface area (Å²) in [7, 11) is 1.91. The molecular formula is C14H21N5O. The number of ether oxygens (including phenoxy) is 1.